The molecule has 5 nitrogen and oxygen atoms in total. The largest absolute Gasteiger partial charge is 0.345 e. The Balaban J connectivity index is 1.86. The molecule has 3 aromatic rings. The minimum Gasteiger partial charge on any atom is -0.345 e. The van der Waals surface area contributed by atoms with Crippen molar-refractivity contribution in [1.82, 2.24) is 9.55 Å². The number of pyridine rings is 1. The molecule has 1 fully saturated rings. The third kappa shape index (κ3) is 2.74. The van der Waals surface area contributed by atoms with Crippen LogP contribution in [0.1, 0.15) is 41.7 Å². The summed E-state index contributed by atoms with van der Waals surface area (Å²) in [5.41, 5.74) is 2.71. The first kappa shape index (κ1) is 16.3. The van der Waals surface area contributed by atoms with Crippen molar-refractivity contribution >= 4 is 22.5 Å². The normalized spacial score (nSPS) is 14.5. The molecule has 0 saturated heterocycles. The molecule has 0 bridgehead atoms. The number of carbonyl (C=O) groups is 1. The van der Waals surface area contributed by atoms with Crippen LogP contribution in [-0.4, -0.2) is 21.5 Å². The van der Waals surface area contributed by atoms with Crippen molar-refractivity contribution < 1.29 is 4.79 Å². The summed E-state index contributed by atoms with van der Waals surface area (Å²) in [6.45, 7) is 0. The molecular weight excluding hydrogens is 324 g/mol. The van der Waals surface area contributed by atoms with E-state index in [2.05, 4.69) is 11.1 Å². The van der Waals surface area contributed by atoms with Gasteiger partial charge in [-0.3, -0.25) is 9.78 Å². The summed E-state index contributed by atoms with van der Waals surface area (Å²) in [6, 6.07) is 13.8. The lowest BCUT2D eigenvalue weighted by Gasteiger charge is -2.30. The van der Waals surface area contributed by atoms with Crippen LogP contribution < -0.4 is 4.90 Å². The molecule has 2 heterocycles. The number of fused-ring (bicyclic) bond motifs is 1. The van der Waals surface area contributed by atoms with Crippen LogP contribution in [0.25, 0.3) is 10.9 Å². The summed E-state index contributed by atoms with van der Waals surface area (Å²) in [6.07, 6.45) is 7.70. The van der Waals surface area contributed by atoms with E-state index in [0.29, 0.717) is 11.3 Å². The van der Waals surface area contributed by atoms with Crippen LogP contribution in [0.5, 0.6) is 0 Å². The third-order valence-electron chi connectivity index (χ3n) is 5.13. The predicted molar refractivity (Wildman–Crippen MR) is 101 cm³/mol. The van der Waals surface area contributed by atoms with E-state index >= 15 is 0 Å². The van der Waals surface area contributed by atoms with Gasteiger partial charge in [0.1, 0.15) is 11.8 Å². The Hall–Kier alpha value is -3.13. The minimum atomic E-state index is -0.0703. The first-order valence-electron chi connectivity index (χ1n) is 8.93. The highest BCUT2D eigenvalue weighted by Crippen LogP contribution is 2.33. The highest BCUT2D eigenvalue weighted by atomic mass is 16.2. The molecule has 4 rings (SSSR count). The maximum atomic E-state index is 13.5. The highest BCUT2D eigenvalue weighted by molar-refractivity contribution is 6.09. The van der Waals surface area contributed by atoms with Crippen molar-refractivity contribution in [2.24, 2.45) is 7.05 Å². The molecule has 1 aliphatic rings. The second-order valence-electron chi connectivity index (χ2n) is 6.80. The van der Waals surface area contributed by atoms with Gasteiger partial charge in [0.2, 0.25) is 0 Å². The van der Waals surface area contributed by atoms with Crippen LogP contribution >= 0.6 is 0 Å². The standard InChI is InChI=1S/C21H20N4O/c1-24-14-15(13-22)12-19(24)21(26)25(17-8-2-3-9-17)18-10-4-6-16-7-5-11-23-20(16)18/h4-7,10-12,14,17H,2-3,8-9H2,1H3. The van der Waals surface area contributed by atoms with Gasteiger partial charge >= 0.3 is 0 Å². The van der Waals surface area contributed by atoms with E-state index in [-0.39, 0.29) is 11.9 Å². The van der Waals surface area contributed by atoms with Crippen LogP contribution in [0.2, 0.25) is 0 Å². The molecule has 0 aliphatic heterocycles. The van der Waals surface area contributed by atoms with E-state index in [1.165, 1.54) is 0 Å². The van der Waals surface area contributed by atoms with Crippen molar-refractivity contribution in [3.63, 3.8) is 0 Å². The topological polar surface area (TPSA) is 61.9 Å². The minimum absolute atomic E-state index is 0.0703. The fourth-order valence-corrected chi connectivity index (χ4v) is 3.88. The van der Waals surface area contributed by atoms with Gasteiger partial charge in [0, 0.05) is 30.9 Å². The van der Waals surface area contributed by atoms with Crippen molar-refractivity contribution in [2.75, 3.05) is 4.90 Å². The number of benzene rings is 1. The number of rotatable bonds is 3. The second kappa shape index (κ2) is 6.64. The molecule has 0 radical (unpaired) electrons. The van der Waals surface area contributed by atoms with E-state index in [4.69, 9.17) is 5.26 Å². The van der Waals surface area contributed by atoms with E-state index < -0.39 is 0 Å². The van der Waals surface area contributed by atoms with E-state index in [9.17, 15) is 4.79 Å². The lowest BCUT2D eigenvalue weighted by molar-refractivity contribution is 0.0969. The van der Waals surface area contributed by atoms with Crippen molar-refractivity contribution in [3.8, 4) is 6.07 Å². The summed E-state index contributed by atoms with van der Waals surface area (Å²) < 4.78 is 1.74. The molecule has 0 atom stereocenters. The van der Waals surface area contributed by atoms with Crippen LogP contribution in [0.15, 0.2) is 48.8 Å². The monoisotopic (exact) mass is 344 g/mol. The molecular formula is C21H20N4O. The third-order valence-corrected chi connectivity index (χ3v) is 5.13. The maximum absolute atomic E-state index is 13.5. The van der Waals surface area contributed by atoms with Crippen LogP contribution in [0.3, 0.4) is 0 Å². The Morgan fingerprint density at radius 1 is 1.27 bits per heavy atom. The number of nitrogens with zero attached hydrogens (tertiary/aromatic N) is 4. The van der Waals surface area contributed by atoms with Crippen LogP contribution in [0.4, 0.5) is 5.69 Å². The van der Waals surface area contributed by atoms with Gasteiger partial charge in [0.05, 0.1) is 16.8 Å². The molecule has 5 heteroatoms. The van der Waals surface area contributed by atoms with Gasteiger partial charge in [-0.05, 0) is 31.0 Å². The number of nitriles is 1. The molecule has 0 N–H and O–H groups in total. The summed E-state index contributed by atoms with van der Waals surface area (Å²) in [5, 5.41) is 10.2. The number of amides is 1. The quantitative estimate of drug-likeness (QED) is 0.720. The SMILES string of the molecule is Cn1cc(C#N)cc1C(=O)N(c1cccc2cccnc12)C1CCCC1. The summed E-state index contributed by atoms with van der Waals surface area (Å²) in [4.78, 5) is 19.9. The molecule has 130 valence electrons. The van der Waals surface area contributed by atoms with Gasteiger partial charge in [-0.2, -0.15) is 5.26 Å². The zero-order chi connectivity index (χ0) is 18.1. The zero-order valence-electron chi connectivity index (χ0n) is 14.7. The van der Waals surface area contributed by atoms with Gasteiger partial charge in [0.15, 0.2) is 0 Å². The lowest BCUT2D eigenvalue weighted by Crippen LogP contribution is -2.40. The fourth-order valence-electron chi connectivity index (χ4n) is 3.88. The molecule has 0 unspecified atom stereocenters. The zero-order valence-corrected chi connectivity index (χ0v) is 14.7. The van der Waals surface area contributed by atoms with Gasteiger partial charge in [-0.1, -0.05) is 31.0 Å². The predicted octanol–water partition coefficient (Wildman–Crippen LogP) is 4.03. The van der Waals surface area contributed by atoms with Crippen molar-refractivity contribution in [2.45, 2.75) is 31.7 Å². The number of carbonyl (C=O) groups excluding carboxylic acids is 1. The number of aryl methyl sites for hydroxylation is 1. The van der Waals surface area contributed by atoms with Gasteiger partial charge in [0.25, 0.3) is 5.91 Å². The number of anilines is 1. The molecule has 1 amide bonds. The molecule has 1 aliphatic carbocycles. The Bertz CT molecular complexity index is 1000. The Morgan fingerprint density at radius 3 is 2.77 bits per heavy atom. The summed E-state index contributed by atoms with van der Waals surface area (Å²) >= 11 is 0. The summed E-state index contributed by atoms with van der Waals surface area (Å²) in [5.74, 6) is -0.0703. The first-order chi connectivity index (χ1) is 12.7. The Morgan fingerprint density at radius 2 is 2.04 bits per heavy atom. The Labute approximate surface area is 152 Å². The molecule has 1 aromatic carbocycles. The second-order valence-corrected chi connectivity index (χ2v) is 6.80. The van der Waals surface area contributed by atoms with E-state index in [1.807, 2.05) is 42.3 Å². The number of hydrogen-bond acceptors (Lipinski definition) is 3. The molecule has 26 heavy (non-hydrogen) atoms. The van der Waals surface area contributed by atoms with Crippen molar-refractivity contribution in [1.29, 1.82) is 5.26 Å². The smallest absolute Gasteiger partial charge is 0.275 e. The average Bonchev–Trinajstić information content (AvgIpc) is 3.32. The fraction of sp³-hybridized carbons (Fsp3) is 0.286. The molecule has 0 spiro atoms. The van der Waals surface area contributed by atoms with Crippen molar-refractivity contribution in [3.05, 3.63) is 60.0 Å². The van der Waals surface area contributed by atoms with Gasteiger partial charge in [-0.25, -0.2) is 0 Å². The van der Waals surface area contributed by atoms with Gasteiger partial charge < -0.3 is 9.47 Å². The van der Waals surface area contributed by atoms with Crippen LogP contribution in [0, 0.1) is 11.3 Å². The number of para-hydroxylation sites is 1. The average molecular weight is 344 g/mol. The molecule has 2 aromatic heterocycles. The van der Waals surface area contributed by atoms with Gasteiger partial charge in [-0.15, -0.1) is 0 Å². The molecule has 1 saturated carbocycles. The van der Waals surface area contributed by atoms with E-state index in [0.717, 1.165) is 42.3 Å². The lowest BCUT2D eigenvalue weighted by atomic mass is 10.1. The highest BCUT2D eigenvalue weighted by Gasteiger charge is 2.31. The summed E-state index contributed by atoms with van der Waals surface area (Å²) in [7, 11) is 1.81. The van der Waals surface area contributed by atoms with Crippen LogP contribution in [-0.2, 0) is 7.05 Å². The first-order valence-corrected chi connectivity index (χ1v) is 8.93. The number of aromatic nitrogens is 2. The Kier molecular flexibility index (Phi) is 4.18. The number of hydrogen-bond donors (Lipinski definition) is 0. The van der Waals surface area contributed by atoms with E-state index in [1.54, 1.807) is 23.0 Å². The maximum Gasteiger partial charge on any atom is 0.275 e.